The van der Waals surface area contributed by atoms with Crippen molar-refractivity contribution < 1.29 is 14.6 Å². The Kier molecular flexibility index (Phi) is 4.27. The topological polar surface area (TPSA) is 58.9 Å². The maximum atomic E-state index is 11.2. The molecule has 0 saturated heterocycles. The van der Waals surface area contributed by atoms with E-state index in [-0.39, 0.29) is 11.3 Å². The van der Waals surface area contributed by atoms with Gasteiger partial charge < -0.3 is 9.84 Å². The van der Waals surface area contributed by atoms with E-state index in [4.69, 9.17) is 0 Å². The van der Waals surface area contributed by atoms with Gasteiger partial charge in [0.25, 0.3) is 0 Å². The van der Waals surface area contributed by atoms with E-state index < -0.39 is 5.97 Å². The molecule has 16 heavy (non-hydrogen) atoms. The summed E-state index contributed by atoms with van der Waals surface area (Å²) in [5.41, 5.74) is 0.747. The number of aliphatic imine (C=N–C) groups is 1. The maximum Gasteiger partial charge on any atom is 0.342 e. The first-order valence-electron chi connectivity index (χ1n) is 4.72. The number of hydrogen-bond acceptors (Lipinski definition) is 4. The third-order valence-electron chi connectivity index (χ3n) is 1.89. The van der Waals surface area contributed by atoms with Crippen molar-refractivity contribution in [1.82, 2.24) is 0 Å². The smallest absolute Gasteiger partial charge is 0.342 e. The highest BCUT2D eigenvalue weighted by Gasteiger charge is 2.10. The standard InChI is InChI=1S/C12H13NO3/c1-9(14)11(12(15)16-2)8-13-10-6-4-3-5-7-10/h3-8,14H,1-2H3/b11-9+,13-8?. The number of carbonyl (C=O) groups is 1. The highest BCUT2D eigenvalue weighted by Crippen LogP contribution is 2.10. The third-order valence-corrected chi connectivity index (χ3v) is 1.89. The van der Waals surface area contributed by atoms with Gasteiger partial charge in [0.15, 0.2) is 0 Å². The Morgan fingerprint density at radius 2 is 2.00 bits per heavy atom. The van der Waals surface area contributed by atoms with Crippen LogP contribution in [0.5, 0.6) is 0 Å². The number of esters is 1. The molecule has 4 heteroatoms. The Morgan fingerprint density at radius 1 is 1.38 bits per heavy atom. The first kappa shape index (κ1) is 12.0. The van der Waals surface area contributed by atoms with E-state index in [0.717, 1.165) is 0 Å². The number of hydrogen-bond donors (Lipinski definition) is 1. The van der Waals surface area contributed by atoms with Gasteiger partial charge >= 0.3 is 5.97 Å². The van der Waals surface area contributed by atoms with E-state index >= 15 is 0 Å². The van der Waals surface area contributed by atoms with Crippen molar-refractivity contribution in [3.05, 3.63) is 41.7 Å². The lowest BCUT2D eigenvalue weighted by Gasteiger charge is -2.00. The molecule has 0 aromatic heterocycles. The number of benzene rings is 1. The molecule has 0 fully saturated rings. The number of ether oxygens (including phenoxy) is 1. The fourth-order valence-corrected chi connectivity index (χ4v) is 1.06. The molecule has 0 radical (unpaired) electrons. The summed E-state index contributed by atoms with van der Waals surface area (Å²) >= 11 is 0. The van der Waals surface area contributed by atoms with Crippen LogP contribution in [0.25, 0.3) is 0 Å². The average molecular weight is 219 g/mol. The molecule has 0 saturated carbocycles. The third kappa shape index (κ3) is 3.24. The van der Waals surface area contributed by atoms with Gasteiger partial charge in [0.1, 0.15) is 11.3 Å². The van der Waals surface area contributed by atoms with Crippen molar-refractivity contribution in [2.75, 3.05) is 7.11 Å². The summed E-state index contributed by atoms with van der Waals surface area (Å²) in [6, 6.07) is 9.11. The van der Waals surface area contributed by atoms with Gasteiger partial charge in [-0.25, -0.2) is 4.79 Å². The Balaban J connectivity index is 2.90. The van der Waals surface area contributed by atoms with Gasteiger partial charge in [-0.1, -0.05) is 18.2 Å². The van der Waals surface area contributed by atoms with Crippen LogP contribution in [0.1, 0.15) is 6.92 Å². The molecule has 0 aliphatic carbocycles. The summed E-state index contributed by atoms with van der Waals surface area (Å²) in [6.45, 7) is 1.41. The molecule has 4 nitrogen and oxygen atoms in total. The molecule has 0 spiro atoms. The SMILES string of the molecule is COC(=O)/C(C=Nc1ccccc1)=C(\C)O. The van der Waals surface area contributed by atoms with Gasteiger partial charge in [-0.3, -0.25) is 4.99 Å². The van der Waals surface area contributed by atoms with Crippen molar-refractivity contribution in [3.8, 4) is 0 Å². The zero-order chi connectivity index (χ0) is 12.0. The zero-order valence-corrected chi connectivity index (χ0v) is 9.18. The summed E-state index contributed by atoms with van der Waals surface area (Å²) in [4.78, 5) is 15.3. The maximum absolute atomic E-state index is 11.2. The number of aliphatic hydroxyl groups is 1. The van der Waals surface area contributed by atoms with Gasteiger partial charge in [0.05, 0.1) is 12.8 Å². The first-order chi connectivity index (χ1) is 7.65. The summed E-state index contributed by atoms with van der Waals surface area (Å²) in [5.74, 6) is -0.730. The number of allylic oxidation sites excluding steroid dienone is 1. The Labute approximate surface area is 93.9 Å². The Bertz CT molecular complexity index is 417. The predicted octanol–water partition coefficient (Wildman–Crippen LogP) is 2.39. The van der Waals surface area contributed by atoms with Crippen LogP contribution in [-0.4, -0.2) is 24.4 Å². The van der Waals surface area contributed by atoms with Gasteiger partial charge in [-0.05, 0) is 19.1 Å². The van der Waals surface area contributed by atoms with Crippen LogP contribution in [0, 0.1) is 0 Å². The Hall–Kier alpha value is -2.10. The molecule has 0 aliphatic rings. The second kappa shape index (κ2) is 5.70. The van der Waals surface area contributed by atoms with Crippen molar-refractivity contribution in [1.29, 1.82) is 0 Å². The van der Waals surface area contributed by atoms with Crippen LogP contribution in [-0.2, 0) is 9.53 Å². The minimum atomic E-state index is -0.611. The fraction of sp³-hybridized carbons (Fsp3) is 0.167. The minimum Gasteiger partial charge on any atom is -0.512 e. The lowest BCUT2D eigenvalue weighted by Crippen LogP contribution is -2.08. The van der Waals surface area contributed by atoms with Gasteiger partial charge in [0, 0.05) is 6.21 Å². The highest BCUT2D eigenvalue weighted by molar-refractivity contribution is 6.10. The van der Waals surface area contributed by atoms with Crippen molar-refractivity contribution >= 4 is 17.9 Å². The number of rotatable bonds is 3. The average Bonchev–Trinajstić information content (AvgIpc) is 2.30. The van der Waals surface area contributed by atoms with E-state index in [1.165, 1.54) is 20.2 Å². The molecule has 0 bridgehead atoms. The van der Waals surface area contributed by atoms with E-state index in [2.05, 4.69) is 9.73 Å². The monoisotopic (exact) mass is 219 g/mol. The zero-order valence-electron chi connectivity index (χ0n) is 9.18. The van der Waals surface area contributed by atoms with Gasteiger partial charge in [-0.2, -0.15) is 0 Å². The largest absolute Gasteiger partial charge is 0.512 e. The molecule has 0 unspecified atom stereocenters. The molecule has 0 heterocycles. The molecular formula is C12H13NO3. The molecule has 1 aromatic rings. The first-order valence-corrected chi connectivity index (χ1v) is 4.72. The van der Waals surface area contributed by atoms with Crippen molar-refractivity contribution in [2.45, 2.75) is 6.92 Å². The Morgan fingerprint density at radius 3 is 2.50 bits per heavy atom. The van der Waals surface area contributed by atoms with E-state index in [9.17, 15) is 9.90 Å². The van der Waals surface area contributed by atoms with Crippen molar-refractivity contribution in [2.24, 2.45) is 4.99 Å². The van der Waals surface area contributed by atoms with E-state index in [1.807, 2.05) is 18.2 Å². The lowest BCUT2D eigenvalue weighted by molar-refractivity contribution is -0.135. The summed E-state index contributed by atoms with van der Waals surface area (Å²) in [6.07, 6.45) is 1.29. The van der Waals surface area contributed by atoms with Crippen LogP contribution in [0.4, 0.5) is 5.69 Å². The molecule has 84 valence electrons. The summed E-state index contributed by atoms with van der Waals surface area (Å²) in [5, 5.41) is 9.28. The van der Waals surface area contributed by atoms with Gasteiger partial charge in [-0.15, -0.1) is 0 Å². The number of nitrogens with zero attached hydrogens (tertiary/aromatic N) is 1. The second-order valence-electron chi connectivity index (χ2n) is 3.08. The van der Waals surface area contributed by atoms with Crippen LogP contribution < -0.4 is 0 Å². The molecule has 0 atom stereocenters. The fourth-order valence-electron chi connectivity index (χ4n) is 1.06. The minimum absolute atomic E-state index is 0.0475. The van der Waals surface area contributed by atoms with E-state index in [1.54, 1.807) is 12.1 Å². The quantitative estimate of drug-likeness (QED) is 0.367. The van der Waals surface area contributed by atoms with Crippen molar-refractivity contribution in [3.63, 3.8) is 0 Å². The van der Waals surface area contributed by atoms with Gasteiger partial charge in [0.2, 0.25) is 0 Å². The van der Waals surface area contributed by atoms with Crippen LogP contribution in [0.15, 0.2) is 46.7 Å². The summed E-state index contributed by atoms with van der Waals surface area (Å²) in [7, 11) is 1.25. The predicted molar refractivity (Wildman–Crippen MR) is 61.9 cm³/mol. The molecular weight excluding hydrogens is 206 g/mol. The van der Waals surface area contributed by atoms with Crippen LogP contribution in [0.3, 0.4) is 0 Å². The molecule has 1 aromatic carbocycles. The number of methoxy groups -OCH3 is 1. The normalized spacial score (nSPS) is 12.4. The number of aliphatic hydroxyl groups excluding tert-OH is 1. The lowest BCUT2D eigenvalue weighted by atomic mass is 10.2. The van der Waals surface area contributed by atoms with Crippen LogP contribution >= 0.6 is 0 Å². The van der Waals surface area contributed by atoms with E-state index in [0.29, 0.717) is 5.69 Å². The number of carbonyl (C=O) groups excluding carboxylic acids is 1. The number of para-hydroxylation sites is 1. The second-order valence-corrected chi connectivity index (χ2v) is 3.08. The molecule has 1 N–H and O–H groups in total. The highest BCUT2D eigenvalue weighted by atomic mass is 16.5. The summed E-state index contributed by atoms with van der Waals surface area (Å²) < 4.78 is 4.51. The van der Waals surface area contributed by atoms with Crippen LogP contribution in [0.2, 0.25) is 0 Å². The molecule has 1 rings (SSSR count). The molecule has 0 aliphatic heterocycles. The molecule has 0 amide bonds.